The summed E-state index contributed by atoms with van der Waals surface area (Å²) in [6.45, 7) is 3.15. The second kappa shape index (κ2) is 8.19. The van der Waals surface area contributed by atoms with Crippen LogP contribution in [0.1, 0.15) is 37.3 Å². The molecule has 7 nitrogen and oxygen atoms in total. The van der Waals surface area contributed by atoms with E-state index in [1.165, 1.54) is 12.8 Å². The summed E-state index contributed by atoms with van der Waals surface area (Å²) in [4.78, 5) is 16.6. The first kappa shape index (κ1) is 18.2. The van der Waals surface area contributed by atoms with Gasteiger partial charge in [0.05, 0.1) is 18.3 Å². The van der Waals surface area contributed by atoms with Crippen molar-refractivity contribution in [1.82, 2.24) is 24.9 Å². The van der Waals surface area contributed by atoms with Crippen LogP contribution in [-0.4, -0.2) is 72.1 Å². The lowest BCUT2D eigenvalue weighted by molar-refractivity contribution is 0.0371. The zero-order valence-corrected chi connectivity index (χ0v) is 15.6. The molecule has 2 fully saturated rings. The van der Waals surface area contributed by atoms with Gasteiger partial charge in [0.2, 0.25) is 0 Å². The number of aromatic nitrogens is 2. The van der Waals surface area contributed by atoms with E-state index in [0.717, 1.165) is 38.1 Å². The second-order valence-corrected chi connectivity index (χ2v) is 7.49. The summed E-state index contributed by atoms with van der Waals surface area (Å²) in [5.74, 6) is 0.622. The molecule has 3 heterocycles. The minimum atomic E-state index is 0.0431. The molecule has 1 aromatic rings. The number of ether oxygens (including phenoxy) is 1. The summed E-state index contributed by atoms with van der Waals surface area (Å²) < 4.78 is 7.61. The van der Waals surface area contributed by atoms with Crippen molar-refractivity contribution in [3.8, 4) is 0 Å². The monoisotopic (exact) mass is 349 g/mol. The van der Waals surface area contributed by atoms with E-state index in [9.17, 15) is 4.79 Å². The average Bonchev–Trinajstić information content (AvgIpc) is 3.27. The summed E-state index contributed by atoms with van der Waals surface area (Å²) in [7, 11) is 5.96. The number of carbonyl (C=O) groups is 1. The van der Waals surface area contributed by atoms with Crippen LogP contribution in [-0.2, 0) is 11.8 Å². The number of carbonyl (C=O) groups excluding carboxylic acids is 1. The Balaban J connectivity index is 1.47. The lowest BCUT2D eigenvalue weighted by Gasteiger charge is -2.35. The number of aryl methyl sites for hydroxylation is 1. The van der Waals surface area contributed by atoms with E-state index in [1.54, 1.807) is 4.68 Å². The molecular formula is C18H31N5O2. The Morgan fingerprint density at radius 2 is 2.16 bits per heavy atom. The number of likely N-dealkylation sites (tertiary alicyclic amines) is 1. The van der Waals surface area contributed by atoms with Gasteiger partial charge in [-0.05, 0) is 45.7 Å². The SMILES string of the molecule is CN(C)[C@H](CNC(=O)N1CCC([C@@H]2CCCO2)CC1)c1cnn(C)c1. The molecular weight excluding hydrogens is 318 g/mol. The van der Waals surface area contributed by atoms with Crippen LogP contribution in [0.15, 0.2) is 12.4 Å². The summed E-state index contributed by atoms with van der Waals surface area (Å²) in [6.07, 6.45) is 8.77. The van der Waals surface area contributed by atoms with Crippen molar-refractivity contribution in [2.75, 3.05) is 40.3 Å². The van der Waals surface area contributed by atoms with Crippen LogP contribution >= 0.6 is 0 Å². The Morgan fingerprint density at radius 3 is 2.72 bits per heavy atom. The highest BCUT2D eigenvalue weighted by Crippen LogP contribution is 2.28. The lowest BCUT2D eigenvalue weighted by atomic mass is 9.90. The molecule has 0 unspecified atom stereocenters. The van der Waals surface area contributed by atoms with Crippen LogP contribution < -0.4 is 5.32 Å². The van der Waals surface area contributed by atoms with Gasteiger partial charge in [0.25, 0.3) is 0 Å². The molecule has 0 radical (unpaired) electrons. The van der Waals surface area contributed by atoms with Gasteiger partial charge in [0.15, 0.2) is 0 Å². The second-order valence-electron chi connectivity index (χ2n) is 7.49. The van der Waals surface area contributed by atoms with E-state index in [-0.39, 0.29) is 12.1 Å². The highest BCUT2D eigenvalue weighted by molar-refractivity contribution is 5.74. The fourth-order valence-corrected chi connectivity index (χ4v) is 3.96. The molecule has 1 N–H and O–H groups in total. The molecule has 2 saturated heterocycles. The van der Waals surface area contributed by atoms with Crippen LogP contribution in [0.2, 0.25) is 0 Å². The van der Waals surface area contributed by atoms with Gasteiger partial charge in [-0.1, -0.05) is 0 Å². The van der Waals surface area contributed by atoms with Crippen molar-refractivity contribution < 1.29 is 9.53 Å². The largest absolute Gasteiger partial charge is 0.378 e. The maximum atomic E-state index is 12.5. The van der Waals surface area contributed by atoms with Crippen molar-refractivity contribution in [2.45, 2.75) is 37.8 Å². The lowest BCUT2D eigenvalue weighted by Crippen LogP contribution is -2.47. The molecule has 2 aliphatic heterocycles. The minimum Gasteiger partial charge on any atom is -0.378 e. The summed E-state index contributed by atoms with van der Waals surface area (Å²) in [6, 6.07) is 0.170. The Bertz CT molecular complexity index is 560. The zero-order valence-electron chi connectivity index (χ0n) is 15.6. The molecule has 2 atom stereocenters. The quantitative estimate of drug-likeness (QED) is 0.877. The van der Waals surface area contributed by atoms with Crippen molar-refractivity contribution in [3.05, 3.63) is 18.0 Å². The molecule has 2 aliphatic rings. The highest BCUT2D eigenvalue weighted by atomic mass is 16.5. The first-order valence-corrected chi connectivity index (χ1v) is 9.34. The molecule has 1 aromatic heterocycles. The Morgan fingerprint density at radius 1 is 1.40 bits per heavy atom. The van der Waals surface area contributed by atoms with Gasteiger partial charge in [0.1, 0.15) is 0 Å². The van der Waals surface area contributed by atoms with Crippen LogP contribution in [0.3, 0.4) is 0 Å². The number of nitrogens with one attached hydrogen (secondary N) is 1. The van der Waals surface area contributed by atoms with Crippen molar-refractivity contribution in [1.29, 1.82) is 0 Å². The van der Waals surface area contributed by atoms with E-state index < -0.39 is 0 Å². The normalized spacial score (nSPS) is 23.2. The Kier molecular flexibility index (Phi) is 5.96. The number of hydrogen-bond donors (Lipinski definition) is 1. The van der Waals surface area contributed by atoms with Gasteiger partial charge in [-0.25, -0.2) is 4.79 Å². The van der Waals surface area contributed by atoms with Crippen molar-refractivity contribution in [2.24, 2.45) is 13.0 Å². The van der Waals surface area contributed by atoms with Gasteiger partial charge in [-0.15, -0.1) is 0 Å². The molecule has 140 valence electrons. The molecule has 3 rings (SSSR count). The predicted octanol–water partition coefficient (Wildman–Crippen LogP) is 1.62. The standard InChI is InChI=1S/C18H31N5O2/c1-21(2)16(15-11-20-22(3)13-15)12-19-18(24)23-8-6-14(7-9-23)17-5-4-10-25-17/h11,13-14,16-17H,4-10,12H2,1-3H3,(H,19,24)/t16-,17+/m1/s1. The first-order chi connectivity index (χ1) is 12.0. The van der Waals surface area contributed by atoms with Gasteiger partial charge in [0, 0.05) is 45.0 Å². The third kappa shape index (κ3) is 4.52. The van der Waals surface area contributed by atoms with Crippen LogP contribution in [0.5, 0.6) is 0 Å². The van der Waals surface area contributed by atoms with Crippen LogP contribution in [0.4, 0.5) is 4.79 Å². The van der Waals surface area contributed by atoms with Crippen molar-refractivity contribution >= 4 is 6.03 Å². The summed E-state index contributed by atoms with van der Waals surface area (Å²) in [5, 5.41) is 7.34. The van der Waals surface area contributed by atoms with Gasteiger partial charge in [-0.3, -0.25) is 4.68 Å². The molecule has 0 aliphatic carbocycles. The molecule has 0 spiro atoms. The number of likely N-dealkylation sites (N-methyl/N-ethyl adjacent to an activating group) is 1. The summed E-state index contributed by atoms with van der Waals surface area (Å²) in [5.41, 5.74) is 1.12. The molecule has 2 amide bonds. The maximum Gasteiger partial charge on any atom is 0.317 e. The number of urea groups is 1. The molecule has 0 saturated carbocycles. The summed E-state index contributed by atoms with van der Waals surface area (Å²) >= 11 is 0. The number of nitrogens with zero attached hydrogens (tertiary/aromatic N) is 4. The van der Waals surface area contributed by atoms with Gasteiger partial charge in [-0.2, -0.15) is 5.10 Å². The Hall–Kier alpha value is -1.60. The van der Waals surface area contributed by atoms with E-state index in [4.69, 9.17) is 4.74 Å². The predicted molar refractivity (Wildman–Crippen MR) is 96.3 cm³/mol. The smallest absolute Gasteiger partial charge is 0.317 e. The fourth-order valence-electron chi connectivity index (χ4n) is 3.96. The zero-order chi connectivity index (χ0) is 17.8. The third-order valence-corrected chi connectivity index (χ3v) is 5.50. The fraction of sp³-hybridized carbons (Fsp3) is 0.778. The van der Waals surface area contributed by atoms with E-state index >= 15 is 0 Å². The topological polar surface area (TPSA) is 62.6 Å². The molecule has 7 heteroatoms. The number of hydrogen-bond acceptors (Lipinski definition) is 4. The number of rotatable bonds is 5. The van der Waals surface area contributed by atoms with E-state index in [0.29, 0.717) is 18.6 Å². The van der Waals surface area contributed by atoms with E-state index in [1.807, 2.05) is 38.4 Å². The van der Waals surface area contributed by atoms with Gasteiger partial charge < -0.3 is 19.9 Å². The Labute approximate surface area is 150 Å². The van der Waals surface area contributed by atoms with Crippen molar-refractivity contribution in [3.63, 3.8) is 0 Å². The van der Waals surface area contributed by atoms with Crippen LogP contribution in [0.25, 0.3) is 0 Å². The number of piperidine rings is 1. The minimum absolute atomic E-state index is 0.0431. The molecule has 25 heavy (non-hydrogen) atoms. The number of amides is 2. The maximum absolute atomic E-state index is 12.5. The third-order valence-electron chi connectivity index (χ3n) is 5.50. The first-order valence-electron chi connectivity index (χ1n) is 9.34. The van der Waals surface area contributed by atoms with Gasteiger partial charge >= 0.3 is 6.03 Å². The van der Waals surface area contributed by atoms with E-state index in [2.05, 4.69) is 15.3 Å². The molecule has 0 aromatic carbocycles. The van der Waals surface area contributed by atoms with Crippen LogP contribution in [0, 0.1) is 5.92 Å². The molecule has 0 bridgehead atoms. The highest BCUT2D eigenvalue weighted by Gasteiger charge is 2.31. The average molecular weight is 349 g/mol.